The fourth-order valence-corrected chi connectivity index (χ4v) is 2.49. The summed E-state index contributed by atoms with van der Waals surface area (Å²) in [5.74, 6) is 0. The monoisotopic (exact) mass is 290 g/mol. The van der Waals surface area contributed by atoms with Crippen LogP contribution in [0.25, 0.3) is 0 Å². The molecule has 3 N–H and O–H groups in total. The summed E-state index contributed by atoms with van der Waals surface area (Å²) >= 11 is 1.34. The second kappa shape index (κ2) is 6.67. The van der Waals surface area contributed by atoms with Crippen molar-refractivity contribution in [2.24, 2.45) is 5.73 Å². The highest BCUT2D eigenvalue weighted by atomic mass is 32.2. The van der Waals surface area contributed by atoms with Crippen LogP contribution in [0.15, 0.2) is 39.4 Å². The van der Waals surface area contributed by atoms with Gasteiger partial charge in [0.2, 0.25) is 0 Å². The van der Waals surface area contributed by atoms with Crippen LogP contribution < -0.4 is 11.3 Å². The topological polar surface area (TPSA) is 84.7 Å². The summed E-state index contributed by atoms with van der Waals surface area (Å²) in [5, 5.41) is 1.35. The number of hydrogen-bond donors (Lipinski definition) is 2. The summed E-state index contributed by atoms with van der Waals surface area (Å²) in [6.07, 6.45) is 3.51. The first-order valence-electron chi connectivity index (χ1n) is 6.58. The maximum absolute atomic E-state index is 11.6. The van der Waals surface area contributed by atoms with Crippen LogP contribution in [0.4, 0.5) is 0 Å². The average molecular weight is 290 g/mol. The maximum atomic E-state index is 11.6. The SMILES string of the molecule is CCCc1cc(=O)[nH]c(Sc2ccc([C@H](C)N)cn2)n1. The molecule has 0 unspecified atom stereocenters. The number of H-pyrrole nitrogens is 1. The molecule has 1 atom stereocenters. The molecule has 0 aliphatic heterocycles. The molecule has 2 aromatic rings. The van der Waals surface area contributed by atoms with E-state index < -0.39 is 0 Å². The van der Waals surface area contributed by atoms with Crippen molar-refractivity contribution in [3.05, 3.63) is 46.0 Å². The van der Waals surface area contributed by atoms with Gasteiger partial charge >= 0.3 is 0 Å². The van der Waals surface area contributed by atoms with Gasteiger partial charge < -0.3 is 10.7 Å². The Morgan fingerprint density at radius 1 is 1.45 bits per heavy atom. The molecular formula is C14H18N4OS. The predicted molar refractivity (Wildman–Crippen MR) is 79.8 cm³/mol. The molecule has 0 aromatic carbocycles. The molecule has 0 aliphatic rings. The summed E-state index contributed by atoms with van der Waals surface area (Å²) in [4.78, 5) is 23.0. The van der Waals surface area contributed by atoms with Crippen LogP contribution >= 0.6 is 11.8 Å². The molecule has 106 valence electrons. The van der Waals surface area contributed by atoms with Crippen LogP contribution in [-0.2, 0) is 6.42 Å². The minimum atomic E-state index is -0.127. The van der Waals surface area contributed by atoms with Crippen molar-refractivity contribution in [3.8, 4) is 0 Å². The number of hydrogen-bond acceptors (Lipinski definition) is 5. The maximum Gasteiger partial charge on any atom is 0.251 e. The molecule has 6 heteroatoms. The van der Waals surface area contributed by atoms with Crippen molar-refractivity contribution < 1.29 is 0 Å². The lowest BCUT2D eigenvalue weighted by molar-refractivity contribution is 0.803. The summed E-state index contributed by atoms with van der Waals surface area (Å²) in [6, 6.07) is 5.33. The van der Waals surface area contributed by atoms with Crippen LogP contribution in [0.2, 0.25) is 0 Å². The van der Waals surface area contributed by atoms with Gasteiger partial charge in [0.1, 0.15) is 5.03 Å². The van der Waals surface area contributed by atoms with Gasteiger partial charge in [-0.2, -0.15) is 0 Å². The molecule has 0 fully saturated rings. The number of aromatic nitrogens is 3. The number of nitrogens with two attached hydrogens (primary N) is 1. The van der Waals surface area contributed by atoms with Crippen molar-refractivity contribution in [1.82, 2.24) is 15.0 Å². The Bertz CT molecular complexity index is 622. The summed E-state index contributed by atoms with van der Waals surface area (Å²) in [7, 11) is 0. The molecule has 0 saturated heterocycles. The minimum Gasteiger partial charge on any atom is -0.324 e. The summed E-state index contributed by atoms with van der Waals surface area (Å²) in [5.41, 5.74) is 7.45. The first-order valence-corrected chi connectivity index (χ1v) is 7.39. The highest BCUT2D eigenvalue weighted by Crippen LogP contribution is 2.22. The molecule has 0 radical (unpaired) electrons. The molecular weight excluding hydrogens is 272 g/mol. The first-order chi connectivity index (χ1) is 9.58. The van der Waals surface area contributed by atoms with E-state index in [1.165, 1.54) is 11.8 Å². The van der Waals surface area contributed by atoms with Gasteiger partial charge in [-0.3, -0.25) is 4.79 Å². The molecule has 0 aliphatic carbocycles. The third kappa shape index (κ3) is 3.91. The van der Waals surface area contributed by atoms with Crippen molar-refractivity contribution in [2.75, 3.05) is 0 Å². The zero-order valence-electron chi connectivity index (χ0n) is 11.6. The number of aromatic amines is 1. The van der Waals surface area contributed by atoms with Gasteiger partial charge in [0, 0.05) is 24.0 Å². The Morgan fingerprint density at radius 3 is 2.85 bits per heavy atom. The van der Waals surface area contributed by atoms with Crippen LogP contribution in [0, 0.1) is 0 Å². The van der Waals surface area contributed by atoms with Gasteiger partial charge in [-0.1, -0.05) is 19.4 Å². The number of aryl methyl sites for hydroxylation is 1. The van der Waals surface area contributed by atoms with Gasteiger partial charge in [0.15, 0.2) is 5.16 Å². The highest BCUT2D eigenvalue weighted by Gasteiger charge is 2.05. The molecule has 20 heavy (non-hydrogen) atoms. The largest absolute Gasteiger partial charge is 0.324 e. The normalized spacial score (nSPS) is 12.3. The molecule has 2 heterocycles. The number of nitrogens with one attached hydrogen (secondary N) is 1. The van der Waals surface area contributed by atoms with E-state index in [0.717, 1.165) is 29.1 Å². The lowest BCUT2D eigenvalue weighted by Crippen LogP contribution is -2.10. The third-order valence-electron chi connectivity index (χ3n) is 2.77. The molecule has 0 saturated carbocycles. The Hall–Kier alpha value is -1.66. The lowest BCUT2D eigenvalue weighted by atomic mass is 10.2. The van der Waals surface area contributed by atoms with E-state index in [0.29, 0.717) is 5.16 Å². The number of pyridine rings is 1. The van der Waals surface area contributed by atoms with Gasteiger partial charge in [-0.15, -0.1) is 0 Å². The van der Waals surface area contributed by atoms with Gasteiger partial charge in [0.25, 0.3) is 5.56 Å². The smallest absolute Gasteiger partial charge is 0.251 e. The molecule has 0 amide bonds. The van der Waals surface area contributed by atoms with Crippen LogP contribution in [-0.4, -0.2) is 15.0 Å². The Morgan fingerprint density at radius 2 is 2.25 bits per heavy atom. The predicted octanol–water partition coefficient (Wildman–Crippen LogP) is 2.29. The van der Waals surface area contributed by atoms with Crippen LogP contribution in [0.1, 0.15) is 37.6 Å². The number of nitrogens with zero attached hydrogens (tertiary/aromatic N) is 2. The second-order valence-corrected chi connectivity index (χ2v) is 5.62. The zero-order valence-corrected chi connectivity index (χ0v) is 12.4. The van der Waals surface area contributed by atoms with Gasteiger partial charge in [-0.25, -0.2) is 9.97 Å². The fraction of sp³-hybridized carbons (Fsp3) is 0.357. The van der Waals surface area contributed by atoms with Crippen molar-refractivity contribution in [3.63, 3.8) is 0 Å². The summed E-state index contributed by atoms with van der Waals surface area (Å²) in [6.45, 7) is 3.97. The van der Waals surface area contributed by atoms with Crippen molar-refractivity contribution >= 4 is 11.8 Å². The van der Waals surface area contributed by atoms with E-state index >= 15 is 0 Å². The zero-order chi connectivity index (χ0) is 14.5. The molecule has 5 nitrogen and oxygen atoms in total. The average Bonchev–Trinajstić information content (AvgIpc) is 2.39. The lowest BCUT2D eigenvalue weighted by Gasteiger charge is -2.06. The van der Waals surface area contributed by atoms with Crippen LogP contribution in [0.5, 0.6) is 0 Å². The van der Waals surface area contributed by atoms with Crippen molar-refractivity contribution in [1.29, 1.82) is 0 Å². The molecule has 0 bridgehead atoms. The van der Waals surface area contributed by atoms with Gasteiger partial charge in [-0.05, 0) is 36.7 Å². The minimum absolute atomic E-state index is 0.0348. The molecule has 2 aromatic heterocycles. The molecule has 0 spiro atoms. The molecule has 2 rings (SSSR count). The van der Waals surface area contributed by atoms with E-state index in [4.69, 9.17) is 5.73 Å². The van der Waals surface area contributed by atoms with E-state index in [-0.39, 0.29) is 11.6 Å². The quantitative estimate of drug-likeness (QED) is 0.825. The Balaban J connectivity index is 2.18. The Kier molecular flexibility index (Phi) is 4.92. The van der Waals surface area contributed by atoms with Gasteiger partial charge in [0.05, 0.1) is 0 Å². The highest BCUT2D eigenvalue weighted by molar-refractivity contribution is 7.99. The van der Waals surface area contributed by atoms with E-state index in [1.54, 1.807) is 12.3 Å². The van der Waals surface area contributed by atoms with E-state index in [9.17, 15) is 4.79 Å². The van der Waals surface area contributed by atoms with E-state index in [1.807, 2.05) is 19.1 Å². The second-order valence-electron chi connectivity index (χ2n) is 4.61. The van der Waals surface area contributed by atoms with E-state index in [2.05, 4.69) is 21.9 Å². The van der Waals surface area contributed by atoms with Crippen molar-refractivity contribution in [2.45, 2.75) is 42.9 Å². The third-order valence-corrected chi connectivity index (χ3v) is 3.60. The first kappa shape index (κ1) is 14.7. The number of rotatable bonds is 5. The van der Waals surface area contributed by atoms with Crippen LogP contribution in [0.3, 0.4) is 0 Å². The fourth-order valence-electron chi connectivity index (χ4n) is 1.74. The summed E-state index contributed by atoms with van der Waals surface area (Å²) < 4.78 is 0. The standard InChI is InChI=1S/C14H18N4OS/c1-3-4-11-7-12(19)18-14(17-11)20-13-6-5-10(8-16-13)9(2)15/h5-9H,3-4,15H2,1-2H3,(H,17,18,19)/t9-/m0/s1. The Labute approximate surface area is 122 Å².